The topological polar surface area (TPSA) is 28.4 Å². The Labute approximate surface area is 124 Å². The zero-order chi connectivity index (χ0) is 14.8. The molecule has 0 amide bonds. The number of nitrogens with one attached hydrogen (secondary N) is 1. The number of aryl methyl sites for hydroxylation is 1. The third-order valence-corrected chi connectivity index (χ3v) is 3.97. The molecule has 1 aliphatic rings. The smallest absolute Gasteiger partial charge is 0.146 e. The van der Waals surface area contributed by atoms with Crippen molar-refractivity contribution in [3.8, 4) is 0 Å². The summed E-state index contributed by atoms with van der Waals surface area (Å²) in [6.45, 7) is 3.30. The van der Waals surface area contributed by atoms with Crippen LogP contribution in [0.1, 0.15) is 29.7 Å². The van der Waals surface area contributed by atoms with Crippen LogP contribution in [0.5, 0.6) is 0 Å². The summed E-state index contributed by atoms with van der Waals surface area (Å²) in [5, 5.41) is 3.40. The van der Waals surface area contributed by atoms with Gasteiger partial charge in [-0.05, 0) is 43.5 Å². The maximum atomic E-state index is 14.3. The van der Waals surface area contributed by atoms with Gasteiger partial charge >= 0.3 is 0 Å². The average molecular weight is 288 g/mol. The molecule has 3 rings (SSSR count). The maximum Gasteiger partial charge on any atom is 0.146 e. The van der Waals surface area contributed by atoms with Crippen LogP contribution in [-0.2, 0) is 13.1 Å². The molecule has 1 aromatic carbocycles. The number of hydrogen-bond donors (Lipinski definition) is 1. The largest absolute Gasteiger partial charge is 0.469 e. The Bertz CT molecular complexity index is 619. The molecule has 1 aromatic heterocycles. The molecule has 0 aliphatic heterocycles. The first-order chi connectivity index (χ1) is 10.1. The van der Waals surface area contributed by atoms with Crippen LogP contribution in [0.15, 0.2) is 34.9 Å². The standard InChI is InChI=1S/C17H21FN2O/c1-12-14(7-8-21-12)11-20(2)17-6-3-13(9-16(17)18)10-19-15-4-5-15/h3,6-9,15,19H,4-5,10-11H2,1-2H3. The summed E-state index contributed by atoms with van der Waals surface area (Å²) in [4.78, 5) is 1.91. The predicted molar refractivity (Wildman–Crippen MR) is 81.8 cm³/mol. The van der Waals surface area contributed by atoms with Crippen LogP contribution >= 0.6 is 0 Å². The van der Waals surface area contributed by atoms with Crippen LogP contribution in [0, 0.1) is 12.7 Å². The molecule has 4 heteroatoms. The molecule has 0 spiro atoms. The number of nitrogens with zero attached hydrogens (tertiary/aromatic N) is 1. The van der Waals surface area contributed by atoms with E-state index in [1.807, 2.05) is 37.1 Å². The Balaban J connectivity index is 1.67. The van der Waals surface area contributed by atoms with Gasteiger partial charge in [0.25, 0.3) is 0 Å². The summed E-state index contributed by atoms with van der Waals surface area (Å²) in [5.41, 5.74) is 2.69. The van der Waals surface area contributed by atoms with Crippen molar-refractivity contribution in [2.45, 2.75) is 38.9 Å². The summed E-state index contributed by atoms with van der Waals surface area (Å²) >= 11 is 0. The fourth-order valence-electron chi connectivity index (χ4n) is 2.44. The van der Waals surface area contributed by atoms with Crippen LogP contribution < -0.4 is 10.2 Å². The van der Waals surface area contributed by atoms with Crippen LogP contribution in [0.25, 0.3) is 0 Å². The van der Waals surface area contributed by atoms with Crippen molar-refractivity contribution in [2.24, 2.45) is 0 Å². The van der Waals surface area contributed by atoms with Crippen molar-refractivity contribution in [1.82, 2.24) is 5.32 Å². The SMILES string of the molecule is Cc1occc1CN(C)c1ccc(CNC2CC2)cc1F. The fraction of sp³-hybridized carbons (Fsp3) is 0.412. The van der Waals surface area contributed by atoms with Gasteiger partial charge in [-0.2, -0.15) is 0 Å². The molecule has 1 N–H and O–H groups in total. The number of rotatable bonds is 6. The van der Waals surface area contributed by atoms with Gasteiger partial charge in [0.05, 0.1) is 12.0 Å². The third-order valence-electron chi connectivity index (χ3n) is 3.97. The number of anilines is 1. The number of halogens is 1. The van der Waals surface area contributed by atoms with E-state index < -0.39 is 0 Å². The Morgan fingerprint density at radius 2 is 2.14 bits per heavy atom. The highest BCUT2D eigenvalue weighted by molar-refractivity contribution is 5.49. The molecule has 2 aromatic rings. The Morgan fingerprint density at radius 1 is 1.33 bits per heavy atom. The molecule has 0 saturated heterocycles. The minimum absolute atomic E-state index is 0.172. The molecule has 1 fully saturated rings. The van der Waals surface area contributed by atoms with E-state index in [-0.39, 0.29) is 5.82 Å². The quantitative estimate of drug-likeness (QED) is 0.880. The average Bonchev–Trinajstić information content (AvgIpc) is 3.20. The molecule has 21 heavy (non-hydrogen) atoms. The van der Waals surface area contributed by atoms with E-state index >= 15 is 0 Å². The molecular weight excluding hydrogens is 267 g/mol. The Kier molecular flexibility index (Phi) is 3.97. The second kappa shape index (κ2) is 5.90. The van der Waals surface area contributed by atoms with Crippen molar-refractivity contribution in [1.29, 1.82) is 0 Å². The van der Waals surface area contributed by atoms with Crippen molar-refractivity contribution in [3.05, 3.63) is 53.2 Å². The van der Waals surface area contributed by atoms with Crippen LogP contribution in [0.4, 0.5) is 10.1 Å². The molecular formula is C17H21FN2O. The van der Waals surface area contributed by atoms with Gasteiger partial charge < -0.3 is 14.6 Å². The highest BCUT2D eigenvalue weighted by atomic mass is 19.1. The normalized spacial score (nSPS) is 14.4. The van der Waals surface area contributed by atoms with Gasteiger partial charge in [0, 0.05) is 31.7 Å². The first-order valence-corrected chi connectivity index (χ1v) is 7.39. The molecule has 0 unspecified atom stereocenters. The van der Waals surface area contributed by atoms with E-state index in [9.17, 15) is 4.39 Å². The number of furan rings is 1. The number of benzene rings is 1. The first-order valence-electron chi connectivity index (χ1n) is 7.39. The summed E-state index contributed by atoms with van der Waals surface area (Å²) in [6, 6.07) is 8.04. The molecule has 1 aliphatic carbocycles. The van der Waals surface area contributed by atoms with Crippen molar-refractivity contribution < 1.29 is 8.81 Å². The number of hydrogen-bond acceptors (Lipinski definition) is 3. The van der Waals surface area contributed by atoms with Crippen LogP contribution in [0.2, 0.25) is 0 Å². The highest BCUT2D eigenvalue weighted by Gasteiger charge is 2.20. The van der Waals surface area contributed by atoms with Crippen LogP contribution in [-0.4, -0.2) is 13.1 Å². The van der Waals surface area contributed by atoms with Gasteiger partial charge in [-0.25, -0.2) is 4.39 Å². The van der Waals surface area contributed by atoms with Crippen molar-refractivity contribution in [2.75, 3.05) is 11.9 Å². The molecule has 1 heterocycles. The first kappa shape index (κ1) is 14.1. The maximum absolute atomic E-state index is 14.3. The van der Waals surface area contributed by atoms with Gasteiger partial charge in [0.15, 0.2) is 0 Å². The summed E-state index contributed by atoms with van der Waals surface area (Å²) in [6.07, 6.45) is 4.15. The second-order valence-electron chi connectivity index (χ2n) is 5.80. The lowest BCUT2D eigenvalue weighted by Crippen LogP contribution is -2.19. The second-order valence-corrected chi connectivity index (χ2v) is 5.80. The molecule has 0 atom stereocenters. The van der Waals surface area contributed by atoms with Gasteiger partial charge in [-0.15, -0.1) is 0 Å². The van der Waals surface area contributed by atoms with Crippen molar-refractivity contribution >= 4 is 5.69 Å². The van der Waals surface area contributed by atoms with Crippen molar-refractivity contribution in [3.63, 3.8) is 0 Å². The van der Waals surface area contributed by atoms with Gasteiger partial charge in [0.2, 0.25) is 0 Å². The van der Waals surface area contributed by atoms with E-state index in [0.29, 0.717) is 18.3 Å². The highest BCUT2D eigenvalue weighted by Crippen LogP contribution is 2.23. The summed E-state index contributed by atoms with van der Waals surface area (Å²) < 4.78 is 19.6. The Hall–Kier alpha value is -1.81. The summed E-state index contributed by atoms with van der Waals surface area (Å²) in [5.74, 6) is 0.709. The molecule has 1 saturated carbocycles. The molecule has 112 valence electrons. The van der Waals surface area contributed by atoms with Gasteiger partial charge in [-0.1, -0.05) is 6.07 Å². The Morgan fingerprint density at radius 3 is 2.76 bits per heavy atom. The lowest BCUT2D eigenvalue weighted by molar-refractivity contribution is 0.529. The van der Waals surface area contributed by atoms with Crippen LogP contribution in [0.3, 0.4) is 0 Å². The predicted octanol–water partition coefficient (Wildman–Crippen LogP) is 3.62. The summed E-state index contributed by atoms with van der Waals surface area (Å²) in [7, 11) is 1.90. The van der Waals surface area contributed by atoms with Gasteiger partial charge in [-0.3, -0.25) is 0 Å². The van der Waals surface area contributed by atoms with E-state index in [4.69, 9.17) is 4.42 Å². The molecule has 0 radical (unpaired) electrons. The lowest BCUT2D eigenvalue weighted by Gasteiger charge is -2.20. The minimum atomic E-state index is -0.172. The van der Waals surface area contributed by atoms with Gasteiger partial charge in [0.1, 0.15) is 11.6 Å². The third kappa shape index (κ3) is 3.45. The lowest BCUT2D eigenvalue weighted by atomic mass is 10.1. The van der Waals surface area contributed by atoms with E-state index in [0.717, 1.165) is 23.4 Å². The van der Waals surface area contributed by atoms with E-state index in [2.05, 4.69) is 5.32 Å². The molecule has 0 bridgehead atoms. The van der Waals surface area contributed by atoms with E-state index in [1.165, 1.54) is 12.8 Å². The molecule has 3 nitrogen and oxygen atoms in total. The minimum Gasteiger partial charge on any atom is -0.469 e. The zero-order valence-electron chi connectivity index (χ0n) is 12.5. The van der Waals surface area contributed by atoms with E-state index in [1.54, 1.807) is 12.3 Å². The fourth-order valence-corrected chi connectivity index (χ4v) is 2.44. The monoisotopic (exact) mass is 288 g/mol. The zero-order valence-corrected chi connectivity index (χ0v) is 12.5.